The topological polar surface area (TPSA) is 29.3 Å². The summed E-state index contributed by atoms with van der Waals surface area (Å²) in [6, 6.07) is 11.3. The molecule has 0 saturated carbocycles. The van der Waals surface area contributed by atoms with Gasteiger partial charge >= 0.3 is 0 Å². The highest BCUT2D eigenvalue weighted by Crippen LogP contribution is 2.27. The monoisotopic (exact) mass is 248 g/mol. The largest absolute Gasteiger partial charge is 0.330 e. The summed E-state index contributed by atoms with van der Waals surface area (Å²) in [5, 5.41) is 0. The number of nitrogens with two attached hydrogens (primary N) is 1. The molecule has 2 heteroatoms. The number of benzene rings is 1. The van der Waals surface area contributed by atoms with Crippen LogP contribution in [0.25, 0.3) is 0 Å². The molecule has 0 aliphatic rings. The molecule has 0 radical (unpaired) electrons. The first-order valence-electron chi connectivity index (χ1n) is 7.03. The highest BCUT2D eigenvalue weighted by Gasteiger charge is 2.24. The van der Waals surface area contributed by atoms with Crippen molar-refractivity contribution in [3.63, 3.8) is 0 Å². The van der Waals surface area contributed by atoms with Crippen molar-refractivity contribution in [2.45, 2.75) is 40.2 Å². The van der Waals surface area contributed by atoms with Crippen LogP contribution in [0.3, 0.4) is 0 Å². The SMILES string of the molecule is CCC(c1ccccc1)N(CC)CC(C)(C)CN. The molecule has 1 atom stereocenters. The smallest absolute Gasteiger partial charge is 0.0345 e. The first-order valence-corrected chi connectivity index (χ1v) is 7.03. The molecule has 2 nitrogen and oxygen atoms in total. The first-order chi connectivity index (χ1) is 8.54. The molecule has 0 aliphatic heterocycles. The van der Waals surface area contributed by atoms with Crippen LogP contribution < -0.4 is 5.73 Å². The molecule has 102 valence electrons. The van der Waals surface area contributed by atoms with Crippen LogP contribution in [-0.2, 0) is 0 Å². The van der Waals surface area contributed by atoms with Gasteiger partial charge in [0.05, 0.1) is 0 Å². The number of hydrogen-bond donors (Lipinski definition) is 1. The van der Waals surface area contributed by atoms with Gasteiger partial charge in [-0.15, -0.1) is 0 Å². The minimum absolute atomic E-state index is 0.179. The van der Waals surface area contributed by atoms with E-state index in [9.17, 15) is 0 Å². The second kappa shape index (κ2) is 6.91. The third kappa shape index (κ3) is 4.11. The van der Waals surface area contributed by atoms with Gasteiger partial charge in [0.25, 0.3) is 0 Å². The van der Waals surface area contributed by atoms with Gasteiger partial charge < -0.3 is 5.73 Å². The Morgan fingerprint density at radius 2 is 1.78 bits per heavy atom. The van der Waals surface area contributed by atoms with E-state index in [0.717, 1.165) is 26.1 Å². The van der Waals surface area contributed by atoms with E-state index in [4.69, 9.17) is 5.73 Å². The van der Waals surface area contributed by atoms with Crippen LogP contribution in [0, 0.1) is 5.41 Å². The van der Waals surface area contributed by atoms with Gasteiger partial charge in [0, 0.05) is 12.6 Å². The molecule has 0 saturated heterocycles. The molecule has 0 amide bonds. The van der Waals surface area contributed by atoms with Crippen LogP contribution in [0.4, 0.5) is 0 Å². The maximum Gasteiger partial charge on any atom is 0.0345 e. The maximum absolute atomic E-state index is 5.86. The van der Waals surface area contributed by atoms with E-state index in [-0.39, 0.29) is 5.41 Å². The third-order valence-electron chi connectivity index (χ3n) is 3.60. The number of hydrogen-bond acceptors (Lipinski definition) is 2. The normalized spacial score (nSPS) is 13.9. The molecular weight excluding hydrogens is 220 g/mol. The van der Waals surface area contributed by atoms with Gasteiger partial charge in [-0.2, -0.15) is 0 Å². The molecular formula is C16H28N2. The standard InChI is InChI=1S/C16H28N2/c1-5-15(14-10-8-7-9-11-14)18(6-2)13-16(3,4)12-17/h7-11,15H,5-6,12-13,17H2,1-4H3. The quantitative estimate of drug-likeness (QED) is 0.801. The summed E-state index contributed by atoms with van der Waals surface area (Å²) < 4.78 is 0. The molecule has 0 bridgehead atoms. The van der Waals surface area contributed by atoms with Gasteiger partial charge in [-0.25, -0.2) is 0 Å². The minimum Gasteiger partial charge on any atom is -0.330 e. The van der Waals surface area contributed by atoms with E-state index in [1.807, 2.05) is 0 Å². The maximum atomic E-state index is 5.86. The van der Waals surface area contributed by atoms with E-state index >= 15 is 0 Å². The Bertz CT molecular complexity index is 332. The molecule has 0 aliphatic carbocycles. The molecule has 2 N–H and O–H groups in total. The van der Waals surface area contributed by atoms with E-state index in [1.165, 1.54) is 5.56 Å². The fourth-order valence-electron chi connectivity index (χ4n) is 2.44. The molecule has 1 rings (SSSR count). The lowest BCUT2D eigenvalue weighted by Gasteiger charge is -2.36. The van der Waals surface area contributed by atoms with Crippen molar-refractivity contribution in [2.24, 2.45) is 11.1 Å². The van der Waals surface area contributed by atoms with Crippen molar-refractivity contribution < 1.29 is 0 Å². The van der Waals surface area contributed by atoms with Crippen LogP contribution >= 0.6 is 0 Å². The van der Waals surface area contributed by atoms with Crippen molar-refractivity contribution >= 4 is 0 Å². The lowest BCUT2D eigenvalue weighted by atomic mass is 9.91. The predicted molar refractivity (Wildman–Crippen MR) is 79.6 cm³/mol. The van der Waals surface area contributed by atoms with Gasteiger partial charge in [0.15, 0.2) is 0 Å². The molecule has 1 unspecified atom stereocenters. The summed E-state index contributed by atoms with van der Waals surface area (Å²) in [5.41, 5.74) is 7.45. The van der Waals surface area contributed by atoms with Crippen molar-refractivity contribution in [3.8, 4) is 0 Å². The van der Waals surface area contributed by atoms with Gasteiger partial charge in [-0.1, -0.05) is 58.0 Å². The Morgan fingerprint density at radius 1 is 1.17 bits per heavy atom. The zero-order valence-electron chi connectivity index (χ0n) is 12.3. The zero-order valence-corrected chi connectivity index (χ0v) is 12.3. The average Bonchev–Trinajstić information content (AvgIpc) is 2.39. The summed E-state index contributed by atoms with van der Waals surface area (Å²) in [4.78, 5) is 2.54. The Morgan fingerprint density at radius 3 is 2.22 bits per heavy atom. The molecule has 0 aromatic heterocycles. The highest BCUT2D eigenvalue weighted by molar-refractivity contribution is 5.19. The van der Waals surface area contributed by atoms with Crippen LogP contribution in [0.2, 0.25) is 0 Å². The Kier molecular flexibility index (Phi) is 5.83. The molecule has 1 aromatic carbocycles. The lowest BCUT2D eigenvalue weighted by molar-refractivity contribution is 0.135. The number of rotatable bonds is 7. The Balaban J connectivity index is 2.85. The third-order valence-corrected chi connectivity index (χ3v) is 3.60. The summed E-state index contributed by atoms with van der Waals surface area (Å²) in [5.74, 6) is 0. The van der Waals surface area contributed by atoms with Crippen molar-refractivity contribution in [1.29, 1.82) is 0 Å². The molecule has 1 aromatic rings. The molecule has 18 heavy (non-hydrogen) atoms. The summed E-state index contributed by atoms with van der Waals surface area (Å²) in [6.07, 6.45) is 1.14. The van der Waals surface area contributed by atoms with Gasteiger partial charge in [-0.05, 0) is 30.5 Å². The van der Waals surface area contributed by atoms with Crippen molar-refractivity contribution in [2.75, 3.05) is 19.6 Å². The van der Waals surface area contributed by atoms with E-state index in [2.05, 4.69) is 62.9 Å². The highest BCUT2D eigenvalue weighted by atomic mass is 15.2. The fraction of sp³-hybridized carbons (Fsp3) is 0.625. The minimum atomic E-state index is 0.179. The average molecular weight is 248 g/mol. The summed E-state index contributed by atoms with van der Waals surface area (Å²) in [7, 11) is 0. The second-order valence-electron chi connectivity index (χ2n) is 5.77. The molecule has 0 fully saturated rings. The van der Waals surface area contributed by atoms with Crippen LogP contribution in [0.1, 0.15) is 45.7 Å². The van der Waals surface area contributed by atoms with Crippen LogP contribution in [0.15, 0.2) is 30.3 Å². The van der Waals surface area contributed by atoms with Crippen LogP contribution in [-0.4, -0.2) is 24.5 Å². The second-order valence-corrected chi connectivity index (χ2v) is 5.77. The molecule has 0 heterocycles. The van der Waals surface area contributed by atoms with Gasteiger partial charge in [0.2, 0.25) is 0 Å². The van der Waals surface area contributed by atoms with Gasteiger partial charge in [0.1, 0.15) is 0 Å². The van der Waals surface area contributed by atoms with E-state index < -0.39 is 0 Å². The number of nitrogens with zero attached hydrogens (tertiary/aromatic N) is 1. The van der Waals surface area contributed by atoms with E-state index in [0.29, 0.717) is 6.04 Å². The molecule has 0 spiro atoms. The summed E-state index contributed by atoms with van der Waals surface area (Å²) >= 11 is 0. The van der Waals surface area contributed by atoms with Crippen molar-refractivity contribution in [3.05, 3.63) is 35.9 Å². The predicted octanol–water partition coefficient (Wildman–Crippen LogP) is 3.44. The van der Waals surface area contributed by atoms with Crippen LogP contribution in [0.5, 0.6) is 0 Å². The lowest BCUT2D eigenvalue weighted by Crippen LogP contribution is -2.40. The Labute approximate surface area is 112 Å². The van der Waals surface area contributed by atoms with Crippen molar-refractivity contribution in [1.82, 2.24) is 4.90 Å². The van der Waals surface area contributed by atoms with Gasteiger partial charge in [-0.3, -0.25) is 4.90 Å². The Hall–Kier alpha value is -0.860. The zero-order chi connectivity index (χ0) is 13.6. The summed E-state index contributed by atoms with van der Waals surface area (Å²) in [6.45, 7) is 11.8. The first kappa shape index (κ1) is 15.2. The van der Waals surface area contributed by atoms with E-state index in [1.54, 1.807) is 0 Å². The fourth-order valence-corrected chi connectivity index (χ4v) is 2.44.